The van der Waals surface area contributed by atoms with Crippen molar-refractivity contribution in [2.75, 3.05) is 14.2 Å². The van der Waals surface area contributed by atoms with Crippen molar-refractivity contribution in [2.45, 2.75) is 6.04 Å². The maximum atomic E-state index is 14.0. The van der Waals surface area contributed by atoms with Crippen LogP contribution in [0.2, 0.25) is 0 Å². The number of benzene rings is 1. The normalized spacial score (nSPS) is 11.7. The van der Waals surface area contributed by atoms with Gasteiger partial charge in [-0.15, -0.1) is 0 Å². The summed E-state index contributed by atoms with van der Waals surface area (Å²) in [6.45, 7) is 0. The van der Waals surface area contributed by atoms with Crippen LogP contribution in [0, 0.1) is 11.6 Å². The first-order valence-electron chi connectivity index (χ1n) is 6.51. The van der Waals surface area contributed by atoms with E-state index in [9.17, 15) is 18.4 Å². The van der Waals surface area contributed by atoms with Gasteiger partial charge in [0.05, 0.1) is 13.3 Å². The van der Waals surface area contributed by atoms with Crippen molar-refractivity contribution in [1.29, 1.82) is 0 Å². The van der Waals surface area contributed by atoms with Crippen molar-refractivity contribution < 1.29 is 23.1 Å². The lowest BCUT2D eigenvalue weighted by Gasteiger charge is -2.26. The number of hydrogen-bond donors (Lipinski definition) is 0. The van der Waals surface area contributed by atoms with E-state index in [0.29, 0.717) is 0 Å². The summed E-state index contributed by atoms with van der Waals surface area (Å²) >= 11 is 0. The molecule has 0 aliphatic heterocycles. The van der Waals surface area contributed by atoms with E-state index < -0.39 is 29.6 Å². The van der Waals surface area contributed by atoms with Gasteiger partial charge in [-0.3, -0.25) is 9.78 Å². The fourth-order valence-electron chi connectivity index (χ4n) is 2.04. The van der Waals surface area contributed by atoms with Crippen LogP contribution in [0.3, 0.4) is 0 Å². The Morgan fingerprint density at radius 1 is 1.26 bits per heavy atom. The van der Waals surface area contributed by atoms with Crippen LogP contribution in [0.4, 0.5) is 8.78 Å². The molecule has 0 N–H and O–H groups in total. The van der Waals surface area contributed by atoms with Crippen LogP contribution in [0.15, 0.2) is 36.8 Å². The molecule has 2 aromatic rings. The summed E-state index contributed by atoms with van der Waals surface area (Å²) in [7, 11) is 2.36. The fourth-order valence-corrected chi connectivity index (χ4v) is 2.04. The number of rotatable bonds is 4. The van der Waals surface area contributed by atoms with Crippen LogP contribution in [-0.4, -0.2) is 40.9 Å². The number of nitrogens with zero attached hydrogens (tertiary/aromatic N) is 3. The van der Waals surface area contributed by atoms with Gasteiger partial charge in [-0.1, -0.05) is 0 Å². The van der Waals surface area contributed by atoms with Gasteiger partial charge < -0.3 is 9.64 Å². The van der Waals surface area contributed by atoms with E-state index in [4.69, 9.17) is 0 Å². The third-order valence-electron chi connectivity index (χ3n) is 3.17. The van der Waals surface area contributed by atoms with E-state index in [0.717, 1.165) is 30.2 Å². The molecule has 0 aliphatic carbocycles. The Hall–Kier alpha value is -2.90. The number of halogens is 2. The second kappa shape index (κ2) is 6.91. The Labute approximate surface area is 130 Å². The zero-order valence-corrected chi connectivity index (χ0v) is 12.4. The second-order valence-electron chi connectivity index (χ2n) is 4.60. The molecule has 1 aromatic carbocycles. The summed E-state index contributed by atoms with van der Waals surface area (Å²) in [6.07, 6.45) is 3.88. The largest absolute Gasteiger partial charge is 0.467 e. The minimum atomic E-state index is -1.45. The molecular weight excluding hydrogens is 308 g/mol. The van der Waals surface area contributed by atoms with Crippen LogP contribution < -0.4 is 0 Å². The molecule has 6 nitrogen and oxygen atoms in total. The van der Waals surface area contributed by atoms with Gasteiger partial charge in [0, 0.05) is 25.0 Å². The average molecular weight is 321 g/mol. The summed E-state index contributed by atoms with van der Waals surface area (Å²) in [5.41, 5.74) is -0.350. The third kappa shape index (κ3) is 3.47. The van der Waals surface area contributed by atoms with Crippen molar-refractivity contribution in [1.82, 2.24) is 14.9 Å². The van der Waals surface area contributed by atoms with E-state index in [1.807, 2.05) is 0 Å². The molecular formula is C15H13F2N3O3. The minimum absolute atomic E-state index is 0.0410. The molecule has 120 valence electrons. The molecule has 1 aromatic heterocycles. The minimum Gasteiger partial charge on any atom is -0.467 e. The predicted octanol–water partition coefficient (Wildman–Crippen LogP) is 1.74. The van der Waals surface area contributed by atoms with Gasteiger partial charge in [-0.25, -0.2) is 18.6 Å². The molecule has 0 fully saturated rings. The number of amides is 1. The topological polar surface area (TPSA) is 72.4 Å². The van der Waals surface area contributed by atoms with Gasteiger partial charge in [0.1, 0.15) is 17.3 Å². The molecule has 8 heteroatoms. The number of likely N-dealkylation sites (N-methyl/N-ethyl adjacent to an activating group) is 1. The van der Waals surface area contributed by atoms with Crippen molar-refractivity contribution in [3.05, 3.63) is 59.7 Å². The lowest BCUT2D eigenvalue weighted by atomic mass is 10.0. The van der Waals surface area contributed by atoms with E-state index in [1.54, 1.807) is 0 Å². The molecule has 0 bridgehead atoms. The highest BCUT2D eigenvalue weighted by molar-refractivity contribution is 5.95. The van der Waals surface area contributed by atoms with Gasteiger partial charge in [0.2, 0.25) is 0 Å². The Morgan fingerprint density at radius 2 is 2.00 bits per heavy atom. The molecule has 23 heavy (non-hydrogen) atoms. The third-order valence-corrected chi connectivity index (χ3v) is 3.17. The van der Waals surface area contributed by atoms with Crippen molar-refractivity contribution in [3.8, 4) is 0 Å². The molecule has 1 amide bonds. The van der Waals surface area contributed by atoms with Gasteiger partial charge >= 0.3 is 5.97 Å². The number of aromatic nitrogens is 2. The van der Waals surface area contributed by atoms with E-state index in [-0.39, 0.29) is 11.3 Å². The van der Waals surface area contributed by atoms with E-state index >= 15 is 0 Å². The first-order valence-corrected chi connectivity index (χ1v) is 6.51. The Balaban J connectivity index is 2.45. The quantitative estimate of drug-likeness (QED) is 0.802. The van der Waals surface area contributed by atoms with E-state index in [2.05, 4.69) is 14.7 Å². The van der Waals surface area contributed by atoms with Gasteiger partial charge in [0.25, 0.3) is 5.91 Å². The maximum Gasteiger partial charge on any atom is 0.333 e. The van der Waals surface area contributed by atoms with Crippen molar-refractivity contribution in [3.63, 3.8) is 0 Å². The summed E-state index contributed by atoms with van der Waals surface area (Å²) < 4.78 is 32.0. The molecule has 2 rings (SSSR count). The maximum absolute atomic E-state index is 14.0. The first kappa shape index (κ1) is 16.5. The molecule has 1 atom stereocenters. The number of hydrogen-bond acceptors (Lipinski definition) is 5. The molecule has 1 heterocycles. The zero-order chi connectivity index (χ0) is 17.0. The summed E-state index contributed by atoms with van der Waals surface area (Å²) in [4.78, 5) is 32.9. The molecule has 0 saturated heterocycles. The predicted molar refractivity (Wildman–Crippen MR) is 75.2 cm³/mol. The lowest BCUT2D eigenvalue weighted by molar-refractivity contribution is -0.146. The van der Waals surface area contributed by atoms with Crippen LogP contribution in [-0.2, 0) is 9.53 Å². The Kier molecular flexibility index (Phi) is 4.95. The highest BCUT2D eigenvalue weighted by atomic mass is 19.1. The van der Waals surface area contributed by atoms with E-state index in [1.165, 1.54) is 25.6 Å². The van der Waals surface area contributed by atoms with Gasteiger partial charge in [-0.05, 0) is 18.2 Å². The smallest absolute Gasteiger partial charge is 0.333 e. The number of carbonyl (C=O) groups excluding carboxylic acids is 2. The van der Waals surface area contributed by atoms with Crippen LogP contribution in [0.25, 0.3) is 0 Å². The first-order chi connectivity index (χ1) is 11.0. The number of methoxy groups -OCH3 is 1. The summed E-state index contributed by atoms with van der Waals surface area (Å²) in [5, 5.41) is 0. The Morgan fingerprint density at radius 3 is 2.61 bits per heavy atom. The lowest BCUT2D eigenvalue weighted by Crippen LogP contribution is -2.37. The summed E-state index contributed by atoms with van der Waals surface area (Å²) in [6, 6.07) is 1.18. The van der Waals surface area contributed by atoms with Gasteiger partial charge in [-0.2, -0.15) is 0 Å². The fraction of sp³-hybridized carbons (Fsp3) is 0.200. The molecule has 0 spiro atoms. The highest BCUT2D eigenvalue weighted by Crippen LogP contribution is 2.25. The average Bonchev–Trinajstić information content (AvgIpc) is 2.57. The standard InChI is InChI=1S/C15H13F2N3O3/c1-20(14(21)12-8-18-5-6-19-12)13(15(22)23-2)10-7-9(16)3-4-11(10)17/h3-8,13H,1-2H3/t13-/m0/s1. The summed E-state index contributed by atoms with van der Waals surface area (Å²) in [5.74, 6) is -3.16. The molecule has 0 unspecified atom stereocenters. The second-order valence-corrected chi connectivity index (χ2v) is 4.60. The van der Waals surface area contributed by atoms with Crippen LogP contribution in [0.5, 0.6) is 0 Å². The monoisotopic (exact) mass is 321 g/mol. The number of ether oxygens (including phenoxy) is 1. The zero-order valence-electron chi connectivity index (χ0n) is 12.4. The van der Waals surface area contributed by atoms with Crippen LogP contribution >= 0.6 is 0 Å². The molecule has 0 radical (unpaired) electrons. The number of esters is 1. The van der Waals surface area contributed by atoms with Crippen molar-refractivity contribution in [2.24, 2.45) is 0 Å². The van der Waals surface area contributed by atoms with Gasteiger partial charge in [0.15, 0.2) is 6.04 Å². The Bertz CT molecular complexity index is 725. The highest BCUT2D eigenvalue weighted by Gasteiger charge is 2.33. The van der Waals surface area contributed by atoms with Crippen molar-refractivity contribution >= 4 is 11.9 Å². The molecule has 0 aliphatic rings. The SMILES string of the molecule is COC(=O)[C@H](c1cc(F)ccc1F)N(C)C(=O)c1cnccn1. The number of carbonyl (C=O) groups is 2. The molecule has 0 saturated carbocycles. The van der Waals surface area contributed by atoms with Crippen LogP contribution in [0.1, 0.15) is 22.1 Å².